The summed E-state index contributed by atoms with van der Waals surface area (Å²) in [5, 5.41) is 6.38. The lowest BCUT2D eigenvalue weighted by atomic mass is 9.92. The molecule has 0 bridgehead atoms. The molecule has 0 radical (unpaired) electrons. The minimum atomic E-state index is 0.109. The first-order chi connectivity index (χ1) is 10.5. The van der Waals surface area contributed by atoms with Crippen molar-refractivity contribution in [2.75, 3.05) is 18.5 Å². The lowest BCUT2D eigenvalue weighted by Crippen LogP contribution is -2.40. The lowest BCUT2D eigenvalue weighted by Gasteiger charge is -2.27. The number of benzene rings is 1. The van der Waals surface area contributed by atoms with Gasteiger partial charge in [0.25, 0.3) is 0 Å². The van der Waals surface area contributed by atoms with E-state index in [0.717, 1.165) is 43.9 Å². The highest BCUT2D eigenvalue weighted by atomic mass is 16.5. The molecule has 1 aliphatic heterocycles. The summed E-state index contributed by atoms with van der Waals surface area (Å²) in [7, 11) is 0. The number of rotatable bonds is 6. The summed E-state index contributed by atoms with van der Waals surface area (Å²) in [6.07, 6.45) is 2.86. The Morgan fingerprint density at radius 1 is 1.36 bits per heavy atom. The first-order valence-electron chi connectivity index (χ1n) is 8.31. The Kier molecular flexibility index (Phi) is 6.25. The summed E-state index contributed by atoms with van der Waals surface area (Å²) in [6, 6.07) is 8.07. The van der Waals surface area contributed by atoms with Gasteiger partial charge in [0.05, 0.1) is 6.61 Å². The van der Waals surface area contributed by atoms with Gasteiger partial charge in [-0.2, -0.15) is 0 Å². The number of amides is 1. The SMILES string of the molecule is CC(C)CCOc1ccc(NC(=O)[C@H]2CCN[C@@H](C)C2)cc1. The van der Waals surface area contributed by atoms with E-state index in [9.17, 15) is 4.79 Å². The zero-order chi connectivity index (χ0) is 15.9. The van der Waals surface area contributed by atoms with Crippen LogP contribution in [0.3, 0.4) is 0 Å². The third-order valence-electron chi connectivity index (χ3n) is 4.08. The Bertz CT molecular complexity index is 470. The van der Waals surface area contributed by atoms with Crippen molar-refractivity contribution in [2.45, 2.75) is 46.1 Å². The molecule has 1 aromatic carbocycles. The topological polar surface area (TPSA) is 50.4 Å². The molecule has 1 aromatic rings. The van der Waals surface area contributed by atoms with Crippen LogP contribution >= 0.6 is 0 Å². The molecule has 0 unspecified atom stereocenters. The number of carbonyl (C=O) groups is 1. The van der Waals surface area contributed by atoms with Gasteiger partial charge < -0.3 is 15.4 Å². The number of anilines is 1. The van der Waals surface area contributed by atoms with E-state index < -0.39 is 0 Å². The van der Waals surface area contributed by atoms with Crippen molar-refractivity contribution in [3.8, 4) is 5.75 Å². The Labute approximate surface area is 133 Å². The summed E-state index contributed by atoms with van der Waals surface area (Å²) in [6.45, 7) is 8.15. The average Bonchev–Trinajstić information content (AvgIpc) is 2.48. The van der Waals surface area contributed by atoms with Crippen LogP contribution in [0, 0.1) is 11.8 Å². The smallest absolute Gasteiger partial charge is 0.227 e. The molecule has 1 saturated heterocycles. The Morgan fingerprint density at radius 2 is 2.09 bits per heavy atom. The van der Waals surface area contributed by atoms with Gasteiger partial charge >= 0.3 is 0 Å². The van der Waals surface area contributed by atoms with Gasteiger partial charge in [0.15, 0.2) is 0 Å². The number of carbonyl (C=O) groups excluding carboxylic acids is 1. The largest absolute Gasteiger partial charge is 0.494 e. The molecule has 122 valence electrons. The maximum atomic E-state index is 12.3. The van der Waals surface area contributed by atoms with E-state index in [-0.39, 0.29) is 11.8 Å². The number of ether oxygens (including phenoxy) is 1. The minimum Gasteiger partial charge on any atom is -0.494 e. The summed E-state index contributed by atoms with van der Waals surface area (Å²) < 4.78 is 5.69. The molecule has 2 atom stereocenters. The van der Waals surface area contributed by atoms with Crippen LogP contribution in [-0.2, 0) is 4.79 Å². The fraction of sp³-hybridized carbons (Fsp3) is 0.611. The standard InChI is InChI=1S/C18H28N2O2/c1-13(2)9-11-22-17-6-4-16(5-7-17)20-18(21)15-8-10-19-14(3)12-15/h4-7,13-15,19H,8-12H2,1-3H3,(H,20,21)/t14-,15-/m0/s1. The predicted molar refractivity (Wildman–Crippen MR) is 90.2 cm³/mol. The molecular formula is C18H28N2O2. The van der Waals surface area contributed by atoms with Gasteiger partial charge in [0, 0.05) is 17.6 Å². The van der Waals surface area contributed by atoms with Gasteiger partial charge in [0.2, 0.25) is 5.91 Å². The molecule has 0 aromatic heterocycles. The Hall–Kier alpha value is -1.55. The molecule has 4 heteroatoms. The predicted octanol–water partition coefficient (Wildman–Crippen LogP) is 3.44. The molecule has 1 aliphatic rings. The van der Waals surface area contributed by atoms with Crippen molar-refractivity contribution in [1.82, 2.24) is 5.32 Å². The number of nitrogens with one attached hydrogen (secondary N) is 2. The van der Waals surface area contributed by atoms with Crippen LogP contribution in [0.5, 0.6) is 5.75 Å². The van der Waals surface area contributed by atoms with Crippen molar-refractivity contribution in [3.05, 3.63) is 24.3 Å². The molecule has 4 nitrogen and oxygen atoms in total. The van der Waals surface area contributed by atoms with Crippen LogP contribution in [0.4, 0.5) is 5.69 Å². The third-order valence-corrected chi connectivity index (χ3v) is 4.08. The summed E-state index contributed by atoms with van der Waals surface area (Å²) in [5.41, 5.74) is 0.840. The highest BCUT2D eigenvalue weighted by Gasteiger charge is 2.24. The van der Waals surface area contributed by atoms with Crippen molar-refractivity contribution in [1.29, 1.82) is 0 Å². The highest BCUT2D eigenvalue weighted by molar-refractivity contribution is 5.92. The van der Waals surface area contributed by atoms with Crippen LogP contribution in [-0.4, -0.2) is 25.1 Å². The van der Waals surface area contributed by atoms with Gasteiger partial charge in [-0.25, -0.2) is 0 Å². The highest BCUT2D eigenvalue weighted by Crippen LogP contribution is 2.20. The minimum absolute atomic E-state index is 0.109. The second kappa shape index (κ2) is 8.18. The molecule has 0 spiro atoms. The van der Waals surface area contributed by atoms with Crippen molar-refractivity contribution in [3.63, 3.8) is 0 Å². The number of hydrogen-bond acceptors (Lipinski definition) is 3. The Balaban J connectivity index is 1.81. The van der Waals surface area contributed by atoms with Gasteiger partial charge in [0.1, 0.15) is 5.75 Å². The van der Waals surface area contributed by atoms with E-state index in [1.54, 1.807) is 0 Å². The van der Waals surface area contributed by atoms with Crippen LogP contribution in [0.1, 0.15) is 40.0 Å². The maximum absolute atomic E-state index is 12.3. The van der Waals surface area contributed by atoms with Crippen molar-refractivity contribution < 1.29 is 9.53 Å². The molecule has 2 rings (SSSR count). The second-order valence-corrected chi connectivity index (χ2v) is 6.62. The average molecular weight is 304 g/mol. The maximum Gasteiger partial charge on any atom is 0.227 e. The molecule has 0 aliphatic carbocycles. The fourth-order valence-electron chi connectivity index (χ4n) is 2.66. The second-order valence-electron chi connectivity index (χ2n) is 6.62. The molecule has 1 heterocycles. The normalized spacial score (nSPS) is 21.6. The monoisotopic (exact) mass is 304 g/mol. The first-order valence-corrected chi connectivity index (χ1v) is 8.31. The molecule has 22 heavy (non-hydrogen) atoms. The van der Waals surface area contributed by atoms with Crippen LogP contribution in [0.15, 0.2) is 24.3 Å². The van der Waals surface area contributed by atoms with Crippen LogP contribution < -0.4 is 15.4 Å². The van der Waals surface area contributed by atoms with E-state index >= 15 is 0 Å². The number of piperidine rings is 1. The van der Waals surface area contributed by atoms with E-state index in [0.29, 0.717) is 12.0 Å². The van der Waals surface area contributed by atoms with Crippen LogP contribution in [0.2, 0.25) is 0 Å². The van der Waals surface area contributed by atoms with Gasteiger partial charge in [-0.3, -0.25) is 4.79 Å². The van der Waals surface area contributed by atoms with Gasteiger partial charge in [-0.05, 0) is 62.9 Å². The summed E-state index contributed by atoms with van der Waals surface area (Å²) in [4.78, 5) is 12.3. The lowest BCUT2D eigenvalue weighted by molar-refractivity contribution is -0.120. The van der Waals surface area contributed by atoms with Crippen LogP contribution in [0.25, 0.3) is 0 Å². The molecule has 0 saturated carbocycles. The van der Waals surface area contributed by atoms with E-state index in [1.165, 1.54) is 0 Å². The number of hydrogen-bond donors (Lipinski definition) is 2. The molecule has 1 amide bonds. The van der Waals surface area contributed by atoms with E-state index in [4.69, 9.17) is 4.74 Å². The van der Waals surface area contributed by atoms with E-state index in [1.807, 2.05) is 24.3 Å². The van der Waals surface area contributed by atoms with Crippen molar-refractivity contribution >= 4 is 11.6 Å². The Morgan fingerprint density at radius 3 is 2.73 bits per heavy atom. The van der Waals surface area contributed by atoms with Gasteiger partial charge in [-0.15, -0.1) is 0 Å². The first kappa shape index (κ1) is 16.8. The third kappa shape index (κ3) is 5.34. The quantitative estimate of drug-likeness (QED) is 0.846. The zero-order valence-electron chi connectivity index (χ0n) is 13.9. The summed E-state index contributed by atoms with van der Waals surface area (Å²) in [5.74, 6) is 1.74. The fourth-order valence-corrected chi connectivity index (χ4v) is 2.66. The summed E-state index contributed by atoms with van der Waals surface area (Å²) >= 11 is 0. The van der Waals surface area contributed by atoms with Gasteiger partial charge in [-0.1, -0.05) is 13.8 Å². The molecule has 1 fully saturated rings. The molecule has 2 N–H and O–H groups in total. The van der Waals surface area contributed by atoms with E-state index in [2.05, 4.69) is 31.4 Å². The zero-order valence-corrected chi connectivity index (χ0v) is 13.9. The molecular weight excluding hydrogens is 276 g/mol. The van der Waals surface area contributed by atoms with Crippen molar-refractivity contribution in [2.24, 2.45) is 11.8 Å².